The number of Topliss-reactive ketones (excluding diaryl/α,β-unsaturated/α-hetero) is 1. The Labute approximate surface area is 102 Å². The first-order valence-corrected chi connectivity index (χ1v) is 4.72. The molecule has 1 rings (SSSR count). The average Bonchev–Trinajstić information content (AvgIpc) is 2.70. The lowest BCUT2D eigenvalue weighted by Gasteiger charge is -2.22. The number of hydrogen-bond donors (Lipinski definition) is 0. The minimum atomic E-state index is -2.37. The monoisotopic (exact) mass is 260 g/mol. The minimum absolute atomic E-state index is 0.459. The zero-order chi connectivity index (χ0) is 13.9. The molecule has 0 aromatic rings. The third-order valence-electron chi connectivity index (χ3n) is 2.28. The average molecular weight is 260 g/mol. The van der Waals surface area contributed by atoms with E-state index < -0.39 is 35.0 Å². The smallest absolute Gasteiger partial charge is 0.388 e. The molecule has 0 amide bonds. The molecular weight excluding hydrogens is 248 g/mol. The summed E-state index contributed by atoms with van der Waals surface area (Å²) in [5, 5.41) is 0. The second-order valence-electron chi connectivity index (χ2n) is 3.10. The van der Waals surface area contributed by atoms with E-state index in [1.807, 2.05) is 0 Å². The van der Waals surface area contributed by atoms with E-state index >= 15 is 0 Å². The Bertz CT molecular complexity index is 424. The third kappa shape index (κ3) is 1.80. The molecule has 0 saturated carbocycles. The number of methoxy groups -OCH3 is 4. The maximum absolute atomic E-state index is 12.0. The molecule has 0 fully saturated rings. The second-order valence-corrected chi connectivity index (χ2v) is 3.10. The summed E-state index contributed by atoms with van der Waals surface area (Å²) in [6, 6.07) is 0. The van der Waals surface area contributed by atoms with Gasteiger partial charge in [0.25, 0.3) is 5.78 Å². The summed E-state index contributed by atoms with van der Waals surface area (Å²) in [7, 11) is 4.33. The Kier molecular flexibility index (Phi) is 3.92. The van der Waals surface area contributed by atoms with E-state index in [2.05, 4.69) is 9.47 Å². The quantitative estimate of drug-likeness (QED) is 0.365. The van der Waals surface area contributed by atoms with Gasteiger partial charge in [-0.3, -0.25) is 4.79 Å². The first-order chi connectivity index (χ1) is 8.48. The number of carbonyl (C=O) groups is 3. The summed E-state index contributed by atoms with van der Waals surface area (Å²) in [4.78, 5) is 35.0. The molecule has 100 valence electrons. The van der Waals surface area contributed by atoms with Gasteiger partial charge >= 0.3 is 23.7 Å². The van der Waals surface area contributed by atoms with Gasteiger partial charge in [0.2, 0.25) is 0 Å². The molecule has 1 heterocycles. The van der Waals surface area contributed by atoms with Gasteiger partial charge in [-0.2, -0.15) is 0 Å². The van der Waals surface area contributed by atoms with Crippen LogP contribution < -0.4 is 0 Å². The van der Waals surface area contributed by atoms with Crippen molar-refractivity contribution in [1.29, 1.82) is 0 Å². The van der Waals surface area contributed by atoms with Crippen molar-refractivity contribution < 1.29 is 38.1 Å². The van der Waals surface area contributed by atoms with Crippen LogP contribution in [-0.4, -0.2) is 51.9 Å². The van der Waals surface area contributed by atoms with Gasteiger partial charge in [0.15, 0.2) is 5.57 Å². The van der Waals surface area contributed by atoms with E-state index in [9.17, 15) is 14.4 Å². The van der Waals surface area contributed by atoms with E-state index in [1.165, 1.54) is 0 Å². The Morgan fingerprint density at radius 1 is 1.11 bits per heavy atom. The molecule has 0 aliphatic carbocycles. The molecule has 0 aromatic carbocycles. The van der Waals surface area contributed by atoms with Crippen molar-refractivity contribution in [2.75, 3.05) is 28.4 Å². The fourth-order valence-electron chi connectivity index (χ4n) is 1.39. The SMILES string of the molecule is COC(=O)C1=C(OC)OC(OC)(C(=O)OC)C1=O. The molecule has 1 unspecified atom stereocenters. The third-order valence-corrected chi connectivity index (χ3v) is 2.28. The first kappa shape index (κ1) is 14.0. The van der Waals surface area contributed by atoms with Crippen LogP contribution in [0.2, 0.25) is 0 Å². The van der Waals surface area contributed by atoms with Gasteiger partial charge in [0.05, 0.1) is 21.3 Å². The van der Waals surface area contributed by atoms with Gasteiger partial charge in [-0.1, -0.05) is 0 Å². The Balaban J connectivity index is 3.26. The summed E-state index contributed by atoms with van der Waals surface area (Å²) in [6.07, 6.45) is 0. The molecule has 0 aromatic heterocycles. The molecule has 1 aliphatic rings. The van der Waals surface area contributed by atoms with Gasteiger partial charge in [0, 0.05) is 7.11 Å². The van der Waals surface area contributed by atoms with E-state index in [0.29, 0.717) is 0 Å². The van der Waals surface area contributed by atoms with Crippen molar-refractivity contribution in [3.05, 3.63) is 11.5 Å². The van der Waals surface area contributed by atoms with Crippen molar-refractivity contribution in [1.82, 2.24) is 0 Å². The fourth-order valence-corrected chi connectivity index (χ4v) is 1.39. The molecule has 18 heavy (non-hydrogen) atoms. The van der Waals surface area contributed by atoms with Gasteiger partial charge < -0.3 is 23.7 Å². The number of hydrogen-bond acceptors (Lipinski definition) is 8. The second kappa shape index (κ2) is 5.05. The van der Waals surface area contributed by atoms with Gasteiger partial charge in [0.1, 0.15) is 0 Å². The van der Waals surface area contributed by atoms with Crippen molar-refractivity contribution in [3.63, 3.8) is 0 Å². The van der Waals surface area contributed by atoms with Crippen LogP contribution in [0.5, 0.6) is 0 Å². The largest absolute Gasteiger partial charge is 0.468 e. The highest BCUT2D eigenvalue weighted by Gasteiger charge is 2.61. The molecular formula is C10H12O8. The van der Waals surface area contributed by atoms with Gasteiger partial charge in [-0.15, -0.1) is 0 Å². The molecule has 8 heteroatoms. The maximum Gasteiger partial charge on any atom is 0.388 e. The zero-order valence-corrected chi connectivity index (χ0v) is 10.3. The van der Waals surface area contributed by atoms with Gasteiger partial charge in [-0.05, 0) is 0 Å². The summed E-state index contributed by atoms with van der Waals surface area (Å²) in [5.41, 5.74) is -0.549. The van der Waals surface area contributed by atoms with Crippen LogP contribution in [0.3, 0.4) is 0 Å². The van der Waals surface area contributed by atoms with Crippen molar-refractivity contribution in [2.45, 2.75) is 5.79 Å². The van der Waals surface area contributed by atoms with Crippen molar-refractivity contribution in [2.24, 2.45) is 0 Å². The number of rotatable bonds is 4. The lowest BCUT2D eigenvalue weighted by Crippen LogP contribution is -2.49. The van der Waals surface area contributed by atoms with E-state index in [4.69, 9.17) is 14.2 Å². The lowest BCUT2D eigenvalue weighted by molar-refractivity contribution is -0.221. The van der Waals surface area contributed by atoms with Gasteiger partial charge in [-0.25, -0.2) is 9.59 Å². The van der Waals surface area contributed by atoms with Crippen LogP contribution in [0.1, 0.15) is 0 Å². The van der Waals surface area contributed by atoms with Crippen molar-refractivity contribution >= 4 is 17.7 Å². The molecule has 1 atom stereocenters. The summed E-state index contributed by atoms with van der Waals surface area (Å²) >= 11 is 0. The molecule has 1 aliphatic heterocycles. The maximum atomic E-state index is 12.0. The molecule has 0 bridgehead atoms. The van der Waals surface area contributed by atoms with Crippen LogP contribution in [-0.2, 0) is 38.1 Å². The Morgan fingerprint density at radius 2 is 1.72 bits per heavy atom. The molecule has 0 saturated heterocycles. The summed E-state index contributed by atoms with van der Waals surface area (Å²) in [5.74, 6) is -5.98. The first-order valence-electron chi connectivity index (χ1n) is 4.72. The van der Waals surface area contributed by atoms with E-state index in [-0.39, 0.29) is 0 Å². The predicted octanol–water partition coefficient (Wildman–Crippen LogP) is -0.868. The number of ether oxygens (including phenoxy) is 5. The number of carbonyl (C=O) groups excluding carboxylic acids is 3. The van der Waals surface area contributed by atoms with Crippen LogP contribution >= 0.6 is 0 Å². The molecule has 0 spiro atoms. The minimum Gasteiger partial charge on any atom is -0.468 e. The molecule has 0 N–H and O–H groups in total. The fraction of sp³-hybridized carbons (Fsp3) is 0.500. The molecule has 8 nitrogen and oxygen atoms in total. The topological polar surface area (TPSA) is 97.4 Å². The number of esters is 2. The normalized spacial score (nSPS) is 22.6. The Morgan fingerprint density at radius 3 is 2.11 bits per heavy atom. The molecule has 0 radical (unpaired) electrons. The van der Waals surface area contributed by atoms with Crippen LogP contribution in [0.25, 0.3) is 0 Å². The standard InChI is InChI=1S/C10H12O8/c1-14-7(12)5-6(11)10(17-4,9(13)16-3)18-8(5)15-2/h1-4H3. The van der Waals surface area contributed by atoms with E-state index in [1.54, 1.807) is 0 Å². The highest BCUT2D eigenvalue weighted by atomic mass is 16.8. The Hall–Kier alpha value is -2.09. The zero-order valence-electron chi connectivity index (χ0n) is 10.3. The number of ketones is 1. The summed E-state index contributed by atoms with van der Waals surface area (Å²) in [6.45, 7) is 0. The highest BCUT2D eigenvalue weighted by Crippen LogP contribution is 2.33. The van der Waals surface area contributed by atoms with Crippen molar-refractivity contribution in [3.8, 4) is 0 Å². The van der Waals surface area contributed by atoms with Crippen LogP contribution in [0, 0.1) is 0 Å². The van der Waals surface area contributed by atoms with Crippen LogP contribution in [0.15, 0.2) is 11.5 Å². The predicted molar refractivity (Wildman–Crippen MR) is 53.9 cm³/mol. The summed E-state index contributed by atoms with van der Waals surface area (Å²) < 4.78 is 23.2. The highest BCUT2D eigenvalue weighted by molar-refractivity contribution is 6.27. The lowest BCUT2D eigenvalue weighted by atomic mass is 10.1. The van der Waals surface area contributed by atoms with Crippen LogP contribution in [0.4, 0.5) is 0 Å². The van der Waals surface area contributed by atoms with E-state index in [0.717, 1.165) is 28.4 Å².